The van der Waals surface area contributed by atoms with Crippen molar-refractivity contribution in [3.8, 4) is 18.1 Å². The molecular weight excluding hydrogens is 204 g/mol. The Labute approximate surface area is 94.8 Å². The summed E-state index contributed by atoms with van der Waals surface area (Å²) in [5, 5.41) is 3.07. The zero-order valence-electron chi connectivity index (χ0n) is 8.90. The van der Waals surface area contributed by atoms with Crippen molar-refractivity contribution in [3.63, 3.8) is 0 Å². The minimum absolute atomic E-state index is 0.102. The van der Waals surface area contributed by atoms with Crippen LogP contribution in [0.3, 0.4) is 0 Å². The molecule has 0 saturated carbocycles. The van der Waals surface area contributed by atoms with Gasteiger partial charge in [-0.15, -0.1) is 6.42 Å². The molecule has 0 heterocycles. The number of benzene rings is 1. The summed E-state index contributed by atoms with van der Waals surface area (Å²) in [4.78, 5) is 10.5. The van der Waals surface area contributed by atoms with Gasteiger partial charge in [0.15, 0.2) is 6.61 Å². The summed E-state index contributed by atoms with van der Waals surface area (Å²) in [6.07, 6.45) is 5.11. The molecule has 0 aliphatic heterocycles. The van der Waals surface area contributed by atoms with Crippen molar-refractivity contribution < 1.29 is 9.53 Å². The largest absolute Gasteiger partial charge is 0.484 e. The van der Waals surface area contributed by atoms with Crippen LogP contribution in [-0.4, -0.2) is 19.1 Å². The van der Waals surface area contributed by atoms with Crippen LogP contribution in [0.15, 0.2) is 24.3 Å². The van der Waals surface area contributed by atoms with Crippen molar-refractivity contribution in [1.82, 2.24) is 5.32 Å². The van der Waals surface area contributed by atoms with Crippen molar-refractivity contribution in [3.05, 3.63) is 29.8 Å². The van der Waals surface area contributed by atoms with Crippen LogP contribution in [0.25, 0.3) is 0 Å². The molecule has 0 aliphatic carbocycles. The average Bonchev–Trinajstić information content (AvgIpc) is 2.28. The van der Waals surface area contributed by atoms with Crippen molar-refractivity contribution >= 4 is 5.91 Å². The van der Waals surface area contributed by atoms with Crippen LogP contribution in [-0.2, 0) is 11.3 Å². The lowest BCUT2D eigenvalue weighted by Crippen LogP contribution is -2.20. The Morgan fingerprint density at radius 3 is 2.69 bits per heavy atom. The normalized spacial score (nSPS) is 9.44. The highest BCUT2D eigenvalue weighted by atomic mass is 16.5. The number of nitrogens with two attached hydrogens (primary N) is 1. The Bertz CT molecular complexity index is 379. The smallest absolute Gasteiger partial charge is 0.255 e. The van der Waals surface area contributed by atoms with Crippen LogP contribution in [0.5, 0.6) is 5.75 Å². The predicted molar refractivity (Wildman–Crippen MR) is 61.7 cm³/mol. The Hall–Kier alpha value is -1.99. The van der Waals surface area contributed by atoms with Gasteiger partial charge < -0.3 is 15.8 Å². The summed E-state index contributed by atoms with van der Waals surface area (Å²) < 4.78 is 5.12. The molecule has 0 fully saturated rings. The molecule has 1 amide bonds. The maximum Gasteiger partial charge on any atom is 0.255 e. The number of rotatable bonds is 6. The average molecular weight is 218 g/mol. The first-order valence-electron chi connectivity index (χ1n) is 4.86. The van der Waals surface area contributed by atoms with Gasteiger partial charge in [-0.1, -0.05) is 18.1 Å². The molecule has 0 atom stereocenters. The monoisotopic (exact) mass is 218 g/mol. The maximum atomic E-state index is 10.5. The molecule has 0 radical (unpaired) electrons. The first kappa shape index (κ1) is 12.1. The second-order valence-electron chi connectivity index (χ2n) is 3.21. The van der Waals surface area contributed by atoms with Gasteiger partial charge in [0.05, 0.1) is 6.54 Å². The number of terminal acetylenes is 1. The summed E-state index contributed by atoms with van der Waals surface area (Å²) in [5.41, 5.74) is 6.06. The molecule has 0 bridgehead atoms. The number of primary amides is 1. The zero-order valence-corrected chi connectivity index (χ0v) is 8.90. The Morgan fingerprint density at radius 1 is 1.44 bits per heavy atom. The molecule has 0 aliphatic rings. The molecule has 0 aromatic heterocycles. The minimum Gasteiger partial charge on any atom is -0.484 e. The third kappa shape index (κ3) is 4.49. The van der Waals surface area contributed by atoms with Gasteiger partial charge in [0.1, 0.15) is 5.75 Å². The highest BCUT2D eigenvalue weighted by molar-refractivity contribution is 5.75. The molecule has 84 valence electrons. The number of nitrogens with one attached hydrogen (secondary N) is 1. The molecule has 4 nitrogen and oxygen atoms in total. The second-order valence-corrected chi connectivity index (χ2v) is 3.21. The molecule has 1 rings (SSSR count). The number of carbonyl (C=O) groups excluding carboxylic acids is 1. The van der Waals surface area contributed by atoms with Crippen LogP contribution in [0.1, 0.15) is 5.56 Å². The van der Waals surface area contributed by atoms with Crippen molar-refractivity contribution in [2.75, 3.05) is 13.2 Å². The lowest BCUT2D eigenvalue weighted by atomic mass is 10.2. The van der Waals surface area contributed by atoms with Crippen LogP contribution >= 0.6 is 0 Å². The Morgan fingerprint density at radius 2 is 2.12 bits per heavy atom. The zero-order chi connectivity index (χ0) is 11.8. The van der Waals surface area contributed by atoms with Gasteiger partial charge in [0.2, 0.25) is 0 Å². The van der Waals surface area contributed by atoms with Crippen LogP contribution in [0.2, 0.25) is 0 Å². The third-order valence-electron chi connectivity index (χ3n) is 1.86. The predicted octanol–water partition coefficient (Wildman–Crippen LogP) is 0.273. The molecule has 0 saturated heterocycles. The standard InChI is InChI=1S/C12H14N2O2/c1-2-7-14-8-10-3-5-11(6-4-10)16-9-12(13)15/h1,3-6,14H,7-9H2,(H2,13,15). The van der Waals surface area contributed by atoms with Gasteiger partial charge in [-0.05, 0) is 17.7 Å². The number of hydrogen-bond acceptors (Lipinski definition) is 3. The van der Waals surface area contributed by atoms with Gasteiger partial charge in [-0.2, -0.15) is 0 Å². The van der Waals surface area contributed by atoms with E-state index in [0.717, 1.165) is 5.56 Å². The quantitative estimate of drug-likeness (QED) is 0.532. The van der Waals surface area contributed by atoms with E-state index in [2.05, 4.69) is 11.2 Å². The topological polar surface area (TPSA) is 64.3 Å². The molecule has 3 N–H and O–H groups in total. The molecule has 16 heavy (non-hydrogen) atoms. The highest BCUT2D eigenvalue weighted by Gasteiger charge is 1.97. The van der Waals surface area contributed by atoms with E-state index in [0.29, 0.717) is 18.8 Å². The van der Waals surface area contributed by atoms with E-state index in [-0.39, 0.29) is 6.61 Å². The second kappa shape index (κ2) is 6.49. The van der Waals surface area contributed by atoms with Crippen LogP contribution in [0.4, 0.5) is 0 Å². The number of hydrogen-bond donors (Lipinski definition) is 2. The lowest BCUT2D eigenvalue weighted by Gasteiger charge is -2.05. The highest BCUT2D eigenvalue weighted by Crippen LogP contribution is 2.11. The van der Waals surface area contributed by atoms with Gasteiger partial charge in [-0.3, -0.25) is 4.79 Å². The SMILES string of the molecule is C#CCNCc1ccc(OCC(N)=O)cc1. The molecule has 0 spiro atoms. The maximum absolute atomic E-state index is 10.5. The van der Waals surface area contributed by atoms with E-state index in [9.17, 15) is 4.79 Å². The molecule has 1 aromatic rings. The van der Waals surface area contributed by atoms with E-state index >= 15 is 0 Å². The fourth-order valence-electron chi connectivity index (χ4n) is 1.14. The summed E-state index contributed by atoms with van der Waals surface area (Å²) in [7, 11) is 0. The van der Waals surface area contributed by atoms with Gasteiger partial charge in [-0.25, -0.2) is 0 Å². The minimum atomic E-state index is -0.486. The first-order valence-corrected chi connectivity index (χ1v) is 4.86. The summed E-state index contributed by atoms with van der Waals surface area (Å²) in [6.45, 7) is 1.15. The number of ether oxygens (including phenoxy) is 1. The van der Waals surface area contributed by atoms with E-state index < -0.39 is 5.91 Å². The van der Waals surface area contributed by atoms with Gasteiger partial charge >= 0.3 is 0 Å². The fourth-order valence-corrected chi connectivity index (χ4v) is 1.14. The van der Waals surface area contributed by atoms with E-state index in [1.54, 1.807) is 12.1 Å². The Balaban J connectivity index is 2.42. The van der Waals surface area contributed by atoms with Crippen molar-refractivity contribution in [2.45, 2.75) is 6.54 Å². The van der Waals surface area contributed by atoms with Crippen molar-refractivity contribution in [1.29, 1.82) is 0 Å². The summed E-state index contributed by atoms with van der Waals surface area (Å²) in [6, 6.07) is 7.38. The fraction of sp³-hybridized carbons (Fsp3) is 0.250. The van der Waals surface area contributed by atoms with E-state index in [1.165, 1.54) is 0 Å². The van der Waals surface area contributed by atoms with Gasteiger partial charge in [0, 0.05) is 6.54 Å². The number of carbonyl (C=O) groups is 1. The molecule has 0 unspecified atom stereocenters. The summed E-state index contributed by atoms with van der Waals surface area (Å²) in [5.74, 6) is 2.63. The van der Waals surface area contributed by atoms with Gasteiger partial charge in [0.25, 0.3) is 5.91 Å². The Kier molecular flexibility index (Phi) is 4.90. The van der Waals surface area contributed by atoms with Crippen LogP contribution in [0, 0.1) is 12.3 Å². The first-order chi connectivity index (χ1) is 7.72. The van der Waals surface area contributed by atoms with E-state index in [1.807, 2.05) is 12.1 Å². The molecular formula is C12H14N2O2. The molecule has 1 aromatic carbocycles. The lowest BCUT2D eigenvalue weighted by molar-refractivity contribution is -0.119. The van der Waals surface area contributed by atoms with Crippen molar-refractivity contribution in [2.24, 2.45) is 5.73 Å². The van der Waals surface area contributed by atoms with E-state index in [4.69, 9.17) is 16.9 Å². The molecule has 4 heteroatoms. The third-order valence-corrected chi connectivity index (χ3v) is 1.86. The van der Waals surface area contributed by atoms with Crippen LogP contribution < -0.4 is 15.8 Å². The number of amides is 1. The summed E-state index contributed by atoms with van der Waals surface area (Å²) >= 11 is 0.